The van der Waals surface area contributed by atoms with Gasteiger partial charge in [-0.05, 0) is 74.5 Å². The van der Waals surface area contributed by atoms with Gasteiger partial charge in [-0.15, -0.1) is 0 Å². The highest BCUT2D eigenvalue weighted by Gasteiger charge is 2.13. The number of nitrogens with zero attached hydrogens (tertiary/aromatic N) is 1. The zero-order valence-corrected chi connectivity index (χ0v) is 15.8. The molecule has 144 valence electrons. The van der Waals surface area contributed by atoms with Crippen molar-refractivity contribution in [3.63, 3.8) is 0 Å². The summed E-state index contributed by atoms with van der Waals surface area (Å²) >= 11 is 0. The second kappa shape index (κ2) is 9.41. The average Bonchev–Trinajstić information content (AvgIpc) is 2.72. The lowest BCUT2D eigenvalue weighted by Crippen LogP contribution is -2.14. The minimum absolute atomic E-state index is 0.281. The van der Waals surface area contributed by atoms with E-state index in [0.717, 1.165) is 5.75 Å². The largest absolute Gasteiger partial charge is 0.494 e. The summed E-state index contributed by atoms with van der Waals surface area (Å²) < 4.78 is 16.6. The van der Waals surface area contributed by atoms with Gasteiger partial charge in [-0.2, -0.15) is 0 Å². The van der Waals surface area contributed by atoms with Crippen LogP contribution in [0.25, 0.3) is 0 Å². The van der Waals surface area contributed by atoms with Crippen LogP contribution in [-0.4, -0.2) is 24.1 Å². The SMILES string of the molecule is CCOc1ccc(Oc2ccc(NC(=O)c3cccnc3OCC)cc2)cc1. The van der Waals surface area contributed by atoms with E-state index in [4.69, 9.17) is 14.2 Å². The Labute approximate surface area is 164 Å². The van der Waals surface area contributed by atoms with Gasteiger partial charge in [-0.25, -0.2) is 4.98 Å². The van der Waals surface area contributed by atoms with Crippen LogP contribution < -0.4 is 19.5 Å². The van der Waals surface area contributed by atoms with E-state index in [0.29, 0.717) is 41.8 Å². The van der Waals surface area contributed by atoms with E-state index >= 15 is 0 Å². The summed E-state index contributed by atoms with van der Waals surface area (Å²) in [5.74, 6) is 2.21. The van der Waals surface area contributed by atoms with Crippen LogP contribution in [0.3, 0.4) is 0 Å². The molecule has 0 aliphatic heterocycles. The number of amides is 1. The zero-order valence-electron chi connectivity index (χ0n) is 15.8. The highest BCUT2D eigenvalue weighted by molar-refractivity contribution is 6.05. The summed E-state index contributed by atoms with van der Waals surface area (Å²) in [6, 6.07) is 17.9. The molecule has 3 aromatic rings. The maximum Gasteiger partial charge on any atom is 0.261 e. The summed E-state index contributed by atoms with van der Waals surface area (Å²) in [5, 5.41) is 2.84. The number of aromatic nitrogens is 1. The maximum atomic E-state index is 12.5. The molecule has 0 aliphatic rings. The summed E-state index contributed by atoms with van der Waals surface area (Å²) in [6.45, 7) is 4.85. The van der Waals surface area contributed by atoms with Gasteiger partial charge in [0.1, 0.15) is 22.8 Å². The van der Waals surface area contributed by atoms with Crippen molar-refractivity contribution in [3.05, 3.63) is 72.4 Å². The molecule has 6 heteroatoms. The van der Waals surface area contributed by atoms with E-state index in [1.165, 1.54) is 0 Å². The second-order valence-corrected chi connectivity index (χ2v) is 5.77. The van der Waals surface area contributed by atoms with Crippen LogP contribution >= 0.6 is 0 Å². The minimum Gasteiger partial charge on any atom is -0.494 e. The van der Waals surface area contributed by atoms with Crippen molar-refractivity contribution in [3.8, 4) is 23.1 Å². The average molecular weight is 378 g/mol. The quantitative estimate of drug-likeness (QED) is 0.602. The highest BCUT2D eigenvalue weighted by atomic mass is 16.5. The predicted molar refractivity (Wildman–Crippen MR) is 107 cm³/mol. The van der Waals surface area contributed by atoms with Gasteiger partial charge in [0.2, 0.25) is 5.88 Å². The van der Waals surface area contributed by atoms with Crippen LogP contribution in [0.2, 0.25) is 0 Å². The molecule has 0 bridgehead atoms. The molecular formula is C22H22N2O4. The lowest BCUT2D eigenvalue weighted by atomic mass is 10.2. The molecular weight excluding hydrogens is 356 g/mol. The Morgan fingerprint density at radius 3 is 2.11 bits per heavy atom. The molecule has 1 N–H and O–H groups in total. The molecule has 6 nitrogen and oxygen atoms in total. The highest BCUT2D eigenvalue weighted by Crippen LogP contribution is 2.25. The maximum absolute atomic E-state index is 12.5. The number of hydrogen-bond acceptors (Lipinski definition) is 5. The Hall–Kier alpha value is -3.54. The number of benzene rings is 2. The van der Waals surface area contributed by atoms with E-state index in [-0.39, 0.29) is 5.91 Å². The molecule has 28 heavy (non-hydrogen) atoms. The fourth-order valence-corrected chi connectivity index (χ4v) is 2.53. The molecule has 2 aromatic carbocycles. The molecule has 0 atom stereocenters. The van der Waals surface area contributed by atoms with Crippen molar-refractivity contribution >= 4 is 11.6 Å². The van der Waals surface area contributed by atoms with Crippen molar-refractivity contribution in [2.24, 2.45) is 0 Å². The lowest BCUT2D eigenvalue weighted by Gasteiger charge is -2.10. The van der Waals surface area contributed by atoms with Crippen molar-refractivity contribution in [1.29, 1.82) is 0 Å². The fraction of sp³-hybridized carbons (Fsp3) is 0.182. The number of anilines is 1. The summed E-state index contributed by atoms with van der Waals surface area (Å²) in [7, 11) is 0. The minimum atomic E-state index is -0.281. The van der Waals surface area contributed by atoms with Gasteiger partial charge in [0, 0.05) is 11.9 Å². The summed E-state index contributed by atoms with van der Waals surface area (Å²) in [5.41, 5.74) is 1.04. The standard InChI is InChI=1S/C22H22N2O4/c1-3-26-17-11-13-19(14-12-17)28-18-9-7-16(8-10-18)24-21(25)20-6-5-15-23-22(20)27-4-2/h5-15H,3-4H2,1-2H3,(H,24,25). The molecule has 0 saturated carbocycles. The Morgan fingerprint density at radius 2 is 1.46 bits per heavy atom. The van der Waals surface area contributed by atoms with Crippen LogP contribution in [0.4, 0.5) is 5.69 Å². The molecule has 0 unspecified atom stereocenters. The van der Waals surface area contributed by atoms with Gasteiger partial charge >= 0.3 is 0 Å². The number of nitrogens with one attached hydrogen (secondary N) is 1. The van der Waals surface area contributed by atoms with E-state index < -0.39 is 0 Å². The summed E-state index contributed by atoms with van der Waals surface area (Å²) in [6.07, 6.45) is 1.59. The number of carbonyl (C=O) groups is 1. The van der Waals surface area contributed by atoms with Gasteiger partial charge < -0.3 is 19.5 Å². The Balaban J connectivity index is 1.63. The van der Waals surface area contributed by atoms with Gasteiger partial charge in [0.25, 0.3) is 5.91 Å². The number of hydrogen-bond donors (Lipinski definition) is 1. The zero-order chi connectivity index (χ0) is 19.8. The first-order valence-electron chi connectivity index (χ1n) is 9.09. The smallest absolute Gasteiger partial charge is 0.261 e. The number of ether oxygens (including phenoxy) is 3. The second-order valence-electron chi connectivity index (χ2n) is 5.77. The third-order valence-electron chi connectivity index (χ3n) is 3.78. The van der Waals surface area contributed by atoms with Crippen LogP contribution in [0.5, 0.6) is 23.1 Å². The summed E-state index contributed by atoms with van der Waals surface area (Å²) in [4.78, 5) is 16.6. The Morgan fingerprint density at radius 1 is 0.857 bits per heavy atom. The number of rotatable bonds is 8. The van der Waals surface area contributed by atoms with E-state index in [1.54, 1.807) is 42.6 Å². The van der Waals surface area contributed by atoms with Gasteiger partial charge in [0.05, 0.1) is 13.2 Å². The third kappa shape index (κ3) is 5.01. The molecule has 1 amide bonds. The van der Waals surface area contributed by atoms with Crippen molar-refractivity contribution < 1.29 is 19.0 Å². The van der Waals surface area contributed by atoms with Gasteiger partial charge in [-0.3, -0.25) is 4.79 Å². The van der Waals surface area contributed by atoms with E-state index in [9.17, 15) is 4.79 Å². The van der Waals surface area contributed by atoms with Crippen LogP contribution in [0.15, 0.2) is 66.9 Å². The first-order chi connectivity index (χ1) is 13.7. The normalized spacial score (nSPS) is 10.2. The lowest BCUT2D eigenvalue weighted by molar-refractivity contribution is 0.102. The number of carbonyl (C=O) groups excluding carboxylic acids is 1. The fourth-order valence-electron chi connectivity index (χ4n) is 2.53. The van der Waals surface area contributed by atoms with Crippen molar-refractivity contribution in [1.82, 2.24) is 4.98 Å². The van der Waals surface area contributed by atoms with E-state index in [2.05, 4.69) is 10.3 Å². The molecule has 0 aliphatic carbocycles. The topological polar surface area (TPSA) is 69.7 Å². The third-order valence-corrected chi connectivity index (χ3v) is 3.78. The monoisotopic (exact) mass is 378 g/mol. The van der Waals surface area contributed by atoms with Crippen molar-refractivity contribution in [2.75, 3.05) is 18.5 Å². The molecule has 0 radical (unpaired) electrons. The van der Waals surface area contributed by atoms with Crippen molar-refractivity contribution in [2.45, 2.75) is 13.8 Å². The number of pyridine rings is 1. The molecule has 1 aromatic heterocycles. The van der Waals surface area contributed by atoms with Gasteiger partial charge in [-0.1, -0.05) is 0 Å². The Kier molecular flexibility index (Phi) is 6.46. The molecule has 3 rings (SSSR count). The molecule has 0 fully saturated rings. The Bertz CT molecular complexity index is 909. The molecule has 0 saturated heterocycles. The van der Waals surface area contributed by atoms with Gasteiger partial charge in [0.15, 0.2) is 0 Å². The molecule has 1 heterocycles. The first kappa shape index (κ1) is 19.2. The first-order valence-corrected chi connectivity index (χ1v) is 9.09. The van der Waals surface area contributed by atoms with Crippen LogP contribution in [0, 0.1) is 0 Å². The molecule has 0 spiro atoms. The van der Waals surface area contributed by atoms with Crippen LogP contribution in [-0.2, 0) is 0 Å². The predicted octanol–water partition coefficient (Wildman–Crippen LogP) is 4.92. The van der Waals surface area contributed by atoms with Crippen LogP contribution in [0.1, 0.15) is 24.2 Å². The van der Waals surface area contributed by atoms with E-state index in [1.807, 2.05) is 38.1 Å².